The molecule has 1 amide bonds. The Kier molecular flexibility index (Phi) is 4.54. The van der Waals surface area contributed by atoms with E-state index in [1.165, 1.54) is 0 Å². The first-order chi connectivity index (χ1) is 13.8. The second kappa shape index (κ2) is 7.05. The van der Waals surface area contributed by atoms with E-state index < -0.39 is 0 Å². The van der Waals surface area contributed by atoms with Gasteiger partial charge in [-0.25, -0.2) is 9.97 Å². The third kappa shape index (κ3) is 3.44. The molecule has 0 atom stereocenters. The molecule has 0 bridgehead atoms. The highest BCUT2D eigenvalue weighted by Crippen LogP contribution is 2.30. The van der Waals surface area contributed by atoms with Crippen LogP contribution in [0.15, 0.2) is 39.4 Å². The molecule has 148 valence electrons. The van der Waals surface area contributed by atoms with E-state index in [0.717, 1.165) is 22.9 Å². The molecule has 8 heteroatoms. The zero-order valence-electron chi connectivity index (χ0n) is 16.9. The molecule has 0 radical (unpaired) electrons. The lowest BCUT2D eigenvalue weighted by Crippen LogP contribution is -2.14. The van der Waals surface area contributed by atoms with Gasteiger partial charge in [0.25, 0.3) is 11.6 Å². The van der Waals surface area contributed by atoms with Crippen LogP contribution in [0.5, 0.6) is 0 Å². The summed E-state index contributed by atoms with van der Waals surface area (Å²) in [6, 6.07) is 7.27. The van der Waals surface area contributed by atoms with Gasteiger partial charge in [-0.3, -0.25) is 4.79 Å². The maximum atomic E-state index is 13.1. The van der Waals surface area contributed by atoms with E-state index in [1.54, 1.807) is 19.2 Å². The Morgan fingerprint density at radius 2 is 1.93 bits per heavy atom. The highest BCUT2D eigenvalue weighted by atomic mass is 16.5. The van der Waals surface area contributed by atoms with Crippen LogP contribution in [0.1, 0.15) is 27.6 Å². The first-order valence-electron chi connectivity index (χ1n) is 9.12. The van der Waals surface area contributed by atoms with Gasteiger partial charge in [-0.05, 0) is 45.0 Å². The van der Waals surface area contributed by atoms with E-state index >= 15 is 0 Å². The van der Waals surface area contributed by atoms with E-state index in [2.05, 4.69) is 20.4 Å². The minimum atomic E-state index is -0.290. The number of nitrogens with zero attached hydrogens (tertiary/aromatic N) is 4. The van der Waals surface area contributed by atoms with Gasteiger partial charge in [-0.2, -0.15) is 0 Å². The summed E-state index contributed by atoms with van der Waals surface area (Å²) in [6.07, 6.45) is 1.62. The van der Waals surface area contributed by atoms with Crippen LogP contribution in [-0.2, 0) is 0 Å². The summed E-state index contributed by atoms with van der Waals surface area (Å²) >= 11 is 0. The first-order valence-corrected chi connectivity index (χ1v) is 9.12. The van der Waals surface area contributed by atoms with Crippen LogP contribution in [-0.4, -0.2) is 35.1 Å². The van der Waals surface area contributed by atoms with Crippen LogP contribution < -0.4 is 10.2 Å². The van der Waals surface area contributed by atoms with E-state index in [4.69, 9.17) is 8.94 Å². The lowest BCUT2D eigenvalue weighted by molar-refractivity contribution is 0.102. The molecule has 0 aromatic carbocycles. The Balaban J connectivity index is 1.76. The van der Waals surface area contributed by atoms with Crippen molar-refractivity contribution >= 4 is 28.5 Å². The Hall–Kier alpha value is -3.68. The number of anilines is 2. The molecule has 0 saturated carbocycles. The molecular weight excluding hydrogens is 370 g/mol. The molecule has 0 unspecified atom stereocenters. The van der Waals surface area contributed by atoms with Gasteiger partial charge in [0.05, 0.1) is 34.2 Å². The molecule has 4 heterocycles. The molecule has 0 aliphatic heterocycles. The molecule has 29 heavy (non-hydrogen) atoms. The van der Waals surface area contributed by atoms with Crippen LogP contribution in [0.25, 0.3) is 22.4 Å². The van der Waals surface area contributed by atoms with Gasteiger partial charge in [-0.1, -0.05) is 5.16 Å². The van der Waals surface area contributed by atoms with E-state index in [-0.39, 0.29) is 5.91 Å². The van der Waals surface area contributed by atoms with E-state index in [1.807, 2.05) is 51.0 Å². The highest BCUT2D eigenvalue weighted by molar-refractivity contribution is 6.13. The average Bonchev–Trinajstić information content (AvgIpc) is 3.23. The van der Waals surface area contributed by atoms with Crippen molar-refractivity contribution in [3.63, 3.8) is 0 Å². The highest BCUT2D eigenvalue weighted by Gasteiger charge is 2.21. The fourth-order valence-electron chi connectivity index (χ4n) is 3.22. The summed E-state index contributed by atoms with van der Waals surface area (Å²) in [6.45, 7) is 5.51. The third-order valence-electron chi connectivity index (χ3n) is 4.64. The summed E-state index contributed by atoms with van der Waals surface area (Å²) < 4.78 is 11.0. The number of hydrogen-bond donors (Lipinski definition) is 1. The number of carbonyl (C=O) groups excluding carboxylic acids is 1. The molecule has 8 nitrogen and oxygen atoms in total. The summed E-state index contributed by atoms with van der Waals surface area (Å²) in [5.41, 5.74) is 3.34. The molecule has 0 aliphatic carbocycles. The standard InChI is InChI=1S/C21H21N5O3/c1-11-8-15(13(3)28-11)17-9-16(19-12(2)25-29-21(19)24-17)20(27)23-14-6-7-18(22-10-14)26(4)5/h6-10H,1-5H3,(H,23,27). The van der Waals surface area contributed by atoms with Crippen molar-refractivity contribution in [1.82, 2.24) is 15.1 Å². The van der Waals surface area contributed by atoms with Gasteiger partial charge in [-0.15, -0.1) is 0 Å². The van der Waals surface area contributed by atoms with Crippen LogP contribution in [0.4, 0.5) is 11.5 Å². The SMILES string of the molecule is Cc1cc(-c2cc(C(=O)Nc3ccc(N(C)C)nc3)c3c(C)noc3n2)c(C)o1. The van der Waals surface area contributed by atoms with Crippen molar-refractivity contribution in [2.45, 2.75) is 20.8 Å². The summed E-state index contributed by atoms with van der Waals surface area (Å²) in [5, 5.41) is 7.46. The summed E-state index contributed by atoms with van der Waals surface area (Å²) in [7, 11) is 3.81. The molecule has 0 aliphatic rings. The van der Waals surface area contributed by atoms with Gasteiger partial charge in [0, 0.05) is 19.7 Å². The largest absolute Gasteiger partial charge is 0.466 e. The number of nitrogens with one attached hydrogen (secondary N) is 1. The van der Waals surface area contributed by atoms with Crippen molar-refractivity contribution in [2.75, 3.05) is 24.3 Å². The van der Waals surface area contributed by atoms with Crippen LogP contribution in [0.3, 0.4) is 0 Å². The van der Waals surface area contributed by atoms with Crippen molar-refractivity contribution in [2.24, 2.45) is 0 Å². The Labute approximate surface area is 167 Å². The van der Waals surface area contributed by atoms with Gasteiger partial charge in [0.2, 0.25) is 0 Å². The molecule has 4 rings (SSSR count). The van der Waals surface area contributed by atoms with E-state index in [0.29, 0.717) is 33.7 Å². The van der Waals surface area contributed by atoms with Gasteiger partial charge in [0.1, 0.15) is 17.3 Å². The Morgan fingerprint density at radius 1 is 1.14 bits per heavy atom. The molecular formula is C21H21N5O3. The molecule has 4 aromatic heterocycles. The van der Waals surface area contributed by atoms with Crippen molar-refractivity contribution in [3.05, 3.63) is 53.2 Å². The van der Waals surface area contributed by atoms with Gasteiger partial charge >= 0.3 is 0 Å². The van der Waals surface area contributed by atoms with Gasteiger partial charge < -0.3 is 19.2 Å². The summed E-state index contributed by atoms with van der Waals surface area (Å²) in [4.78, 5) is 23.9. The monoisotopic (exact) mass is 391 g/mol. The fourth-order valence-corrected chi connectivity index (χ4v) is 3.22. The third-order valence-corrected chi connectivity index (χ3v) is 4.64. The van der Waals surface area contributed by atoms with Crippen LogP contribution in [0, 0.1) is 20.8 Å². The maximum Gasteiger partial charge on any atom is 0.259 e. The second-order valence-corrected chi connectivity index (χ2v) is 7.08. The molecule has 0 saturated heterocycles. The normalized spacial score (nSPS) is 11.1. The predicted molar refractivity (Wildman–Crippen MR) is 110 cm³/mol. The quantitative estimate of drug-likeness (QED) is 0.559. The zero-order chi connectivity index (χ0) is 20.7. The number of aromatic nitrogens is 3. The lowest BCUT2D eigenvalue weighted by atomic mass is 10.1. The minimum absolute atomic E-state index is 0.290. The first kappa shape index (κ1) is 18.7. The minimum Gasteiger partial charge on any atom is -0.466 e. The Bertz CT molecular complexity index is 1210. The van der Waals surface area contributed by atoms with Crippen LogP contribution in [0.2, 0.25) is 0 Å². The lowest BCUT2D eigenvalue weighted by Gasteiger charge is -2.12. The zero-order valence-corrected chi connectivity index (χ0v) is 16.9. The molecule has 1 N–H and O–H groups in total. The molecule has 0 fully saturated rings. The second-order valence-electron chi connectivity index (χ2n) is 7.08. The fraction of sp³-hybridized carbons (Fsp3) is 0.238. The number of rotatable bonds is 4. The van der Waals surface area contributed by atoms with Crippen LogP contribution >= 0.6 is 0 Å². The molecule has 4 aromatic rings. The smallest absolute Gasteiger partial charge is 0.259 e. The maximum absolute atomic E-state index is 13.1. The summed E-state index contributed by atoms with van der Waals surface area (Å²) in [5.74, 6) is 2.01. The number of carbonyl (C=O) groups is 1. The number of fused-ring (bicyclic) bond motifs is 1. The average molecular weight is 391 g/mol. The number of aryl methyl sites for hydroxylation is 3. The van der Waals surface area contributed by atoms with Crippen molar-refractivity contribution in [1.29, 1.82) is 0 Å². The number of hydrogen-bond acceptors (Lipinski definition) is 7. The van der Waals surface area contributed by atoms with Crippen molar-refractivity contribution in [3.8, 4) is 11.3 Å². The predicted octanol–water partition coefficient (Wildman–Crippen LogP) is 4.12. The number of amides is 1. The van der Waals surface area contributed by atoms with E-state index in [9.17, 15) is 4.79 Å². The Morgan fingerprint density at radius 3 is 2.55 bits per heavy atom. The van der Waals surface area contributed by atoms with Gasteiger partial charge in [0.15, 0.2) is 0 Å². The number of pyridine rings is 2. The molecule has 0 spiro atoms. The van der Waals surface area contributed by atoms with Crippen molar-refractivity contribution < 1.29 is 13.7 Å². The topological polar surface area (TPSA) is 97.3 Å². The number of furan rings is 1.